The van der Waals surface area contributed by atoms with Crippen molar-refractivity contribution in [1.29, 1.82) is 0 Å². The van der Waals surface area contributed by atoms with Gasteiger partial charge in [0.2, 0.25) is 11.8 Å². The molecule has 1 aromatic heterocycles. The minimum atomic E-state index is -0.360. The molecule has 2 aromatic rings. The number of nitrogens with one attached hydrogen (secondary N) is 1. The van der Waals surface area contributed by atoms with E-state index >= 15 is 0 Å². The molecule has 2 aliphatic carbocycles. The third-order valence-corrected chi connectivity index (χ3v) is 7.21. The standard InChI is InChI=1S/C22H28N4O2/c1-15(19(27)26-12-10-22(8-9-22)11-13-26)23-20-25-24-18(28-20)17-14-21(17,2)16-6-4-3-5-7-16/h3-7,15,17H,8-14H2,1-2H3,(H,23,25)/t15-,17-,21+/m1/s1. The van der Waals surface area contributed by atoms with Crippen molar-refractivity contribution in [2.75, 3.05) is 18.4 Å². The number of piperidine rings is 1. The van der Waals surface area contributed by atoms with Crippen LogP contribution >= 0.6 is 0 Å². The maximum Gasteiger partial charge on any atom is 0.316 e. The molecule has 1 N–H and O–H groups in total. The first-order valence-electron chi connectivity index (χ1n) is 10.4. The Kier molecular flexibility index (Phi) is 4.00. The molecule has 5 rings (SSSR count). The number of nitrogens with zero attached hydrogens (tertiary/aromatic N) is 3. The molecule has 2 saturated carbocycles. The lowest BCUT2D eigenvalue weighted by atomic mass is 9.93. The Morgan fingerprint density at radius 2 is 1.89 bits per heavy atom. The molecule has 148 valence electrons. The largest absolute Gasteiger partial charge is 0.408 e. The molecule has 1 aliphatic heterocycles. The zero-order valence-electron chi connectivity index (χ0n) is 16.6. The van der Waals surface area contributed by atoms with Crippen LogP contribution in [0.2, 0.25) is 0 Å². The zero-order valence-corrected chi connectivity index (χ0v) is 16.6. The summed E-state index contributed by atoms with van der Waals surface area (Å²) in [4.78, 5) is 14.7. The van der Waals surface area contributed by atoms with Gasteiger partial charge in [-0.15, -0.1) is 5.10 Å². The van der Waals surface area contributed by atoms with Crippen molar-refractivity contribution in [3.8, 4) is 0 Å². The van der Waals surface area contributed by atoms with Gasteiger partial charge < -0.3 is 14.6 Å². The molecule has 6 heteroatoms. The zero-order chi connectivity index (χ0) is 19.4. The predicted molar refractivity (Wildman–Crippen MR) is 106 cm³/mol. The number of benzene rings is 1. The molecule has 2 heterocycles. The summed E-state index contributed by atoms with van der Waals surface area (Å²) in [6.07, 6.45) is 5.99. The van der Waals surface area contributed by atoms with Crippen LogP contribution in [-0.2, 0) is 10.2 Å². The van der Waals surface area contributed by atoms with Crippen LogP contribution in [0.15, 0.2) is 34.7 Å². The molecule has 3 aliphatic rings. The van der Waals surface area contributed by atoms with Gasteiger partial charge in [-0.1, -0.05) is 42.4 Å². The molecule has 6 nitrogen and oxygen atoms in total. The molecule has 28 heavy (non-hydrogen) atoms. The van der Waals surface area contributed by atoms with Crippen LogP contribution in [0.5, 0.6) is 0 Å². The highest BCUT2D eigenvalue weighted by molar-refractivity contribution is 5.83. The normalized spacial score (nSPS) is 28.8. The average Bonchev–Trinajstić information content (AvgIpc) is 3.58. The van der Waals surface area contributed by atoms with Gasteiger partial charge in [0.25, 0.3) is 0 Å². The number of hydrogen-bond donors (Lipinski definition) is 1. The highest BCUT2D eigenvalue weighted by Crippen LogP contribution is 2.59. The van der Waals surface area contributed by atoms with E-state index in [0.29, 0.717) is 17.3 Å². The molecule has 0 radical (unpaired) electrons. The molecule has 1 amide bonds. The van der Waals surface area contributed by atoms with Gasteiger partial charge in [0.05, 0.1) is 0 Å². The fourth-order valence-electron chi connectivity index (χ4n) is 4.70. The molecular formula is C22H28N4O2. The monoisotopic (exact) mass is 380 g/mol. The number of amides is 1. The Bertz CT molecular complexity index is 866. The van der Waals surface area contributed by atoms with Crippen molar-refractivity contribution >= 4 is 11.9 Å². The summed E-state index contributed by atoms with van der Waals surface area (Å²) in [6.45, 7) is 5.85. The Balaban J connectivity index is 1.19. The SMILES string of the molecule is C[C@@H](Nc1nnc([C@H]2C[C@@]2(C)c2ccccc2)o1)C(=O)N1CCC2(CC1)CC2. The second-order valence-corrected chi connectivity index (χ2v) is 9.18. The number of anilines is 1. The summed E-state index contributed by atoms with van der Waals surface area (Å²) < 4.78 is 5.87. The first-order valence-corrected chi connectivity index (χ1v) is 10.4. The number of carbonyl (C=O) groups excluding carboxylic acids is 1. The lowest BCUT2D eigenvalue weighted by molar-refractivity contribution is -0.133. The van der Waals surface area contributed by atoms with Gasteiger partial charge in [-0.3, -0.25) is 4.79 Å². The third-order valence-electron chi connectivity index (χ3n) is 7.21. The quantitative estimate of drug-likeness (QED) is 0.856. The fraction of sp³-hybridized carbons (Fsp3) is 0.591. The number of aromatic nitrogens is 2. The van der Waals surface area contributed by atoms with Crippen molar-refractivity contribution in [1.82, 2.24) is 15.1 Å². The van der Waals surface area contributed by atoms with Gasteiger partial charge in [-0.2, -0.15) is 0 Å². The van der Waals surface area contributed by atoms with Crippen LogP contribution in [0.1, 0.15) is 63.3 Å². The van der Waals surface area contributed by atoms with Crippen molar-refractivity contribution in [3.05, 3.63) is 41.8 Å². The van der Waals surface area contributed by atoms with Gasteiger partial charge >= 0.3 is 6.01 Å². The molecule has 3 fully saturated rings. The molecular weight excluding hydrogens is 352 g/mol. The highest BCUT2D eigenvalue weighted by Gasteiger charge is 2.55. The average molecular weight is 380 g/mol. The van der Waals surface area contributed by atoms with E-state index in [1.54, 1.807) is 0 Å². The van der Waals surface area contributed by atoms with Crippen LogP contribution in [0.3, 0.4) is 0 Å². The summed E-state index contributed by atoms with van der Waals surface area (Å²) in [5.74, 6) is 1.01. The predicted octanol–water partition coefficient (Wildman–Crippen LogP) is 3.72. The Morgan fingerprint density at radius 3 is 2.57 bits per heavy atom. The minimum absolute atomic E-state index is 0.0546. The van der Waals surface area contributed by atoms with E-state index in [-0.39, 0.29) is 23.3 Å². The van der Waals surface area contributed by atoms with E-state index < -0.39 is 0 Å². The topological polar surface area (TPSA) is 71.3 Å². The van der Waals surface area contributed by atoms with Crippen LogP contribution < -0.4 is 5.32 Å². The summed E-state index contributed by atoms with van der Waals surface area (Å²) in [5.41, 5.74) is 1.93. The first-order chi connectivity index (χ1) is 13.5. The molecule has 0 bridgehead atoms. The molecule has 0 unspecified atom stereocenters. The van der Waals surface area contributed by atoms with Crippen LogP contribution in [0.4, 0.5) is 6.01 Å². The van der Waals surface area contributed by atoms with Gasteiger partial charge in [0.1, 0.15) is 6.04 Å². The number of rotatable bonds is 5. The van der Waals surface area contributed by atoms with Crippen molar-refractivity contribution in [3.63, 3.8) is 0 Å². The minimum Gasteiger partial charge on any atom is -0.408 e. The van der Waals surface area contributed by atoms with E-state index in [1.807, 2.05) is 17.9 Å². The summed E-state index contributed by atoms with van der Waals surface area (Å²) in [7, 11) is 0. The molecule has 1 aromatic carbocycles. The lowest BCUT2D eigenvalue weighted by Crippen LogP contribution is -2.45. The molecule has 3 atom stereocenters. The van der Waals surface area contributed by atoms with Crippen LogP contribution in [-0.4, -0.2) is 40.1 Å². The Hall–Kier alpha value is -2.37. The van der Waals surface area contributed by atoms with Crippen molar-refractivity contribution in [2.24, 2.45) is 5.41 Å². The maximum absolute atomic E-state index is 12.7. The third kappa shape index (κ3) is 3.09. The molecule has 1 spiro atoms. The van der Waals surface area contributed by atoms with Crippen LogP contribution in [0.25, 0.3) is 0 Å². The Labute approximate surface area is 165 Å². The first kappa shape index (κ1) is 17.7. The van der Waals surface area contributed by atoms with E-state index in [2.05, 4.69) is 46.7 Å². The lowest BCUT2D eigenvalue weighted by Gasteiger charge is -2.33. The van der Waals surface area contributed by atoms with Gasteiger partial charge in [0, 0.05) is 24.4 Å². The fourth-order valence-corrected chi connectivity index (χ4v) is 4.70. The van der Waals surface area contributed by atoms with Gasteiger partial charge in [-0.25, -0.2) is 0 Å². The molecule has 1 saturated heterocycles. The number of carbonyl (C=O) groups is 1. The van der Waals surface area contributed by atoms with E-state index in [9.17, 15) is 4.79 Å². The number of hydrogen-bond acceptors (Lipinski definition) is 5. The Morgan fingerprint density at radius 1 is 1.18 bits per heavy atom. The van der Waals surface area contributed by atoms with E-state index in [0.717, 1.165) is 32.4 Å². The highest BCUT2D eigenvalue weighted by atomic mass is 16.4. The van der Waals surface area contributed by atoms with Gasteiger partial charge in [-0.05, 0) is 50.0 Å². The van der Waals surface area contributed by atoms with Crippen molar-refractivity contribution in [2.45, 2.75) is 63.3 Å². The second-order valence-electron chi connectivity index (χ2n) is 9.18. The second kappa shape index (κ2) is 6.33. The van der Waals surface area contributed by atoms with Crippen LogP contribution in [0, 0.1) is 5.41 Å². The number of likely N-dealkylation sites (tertiary alicyclic amines) is 1. The van der Waals surface area contributed by atoms with E-state index in [4.69, 9.17) is 4.42 Å². The summed E-state index contributed by atoms with van der Waals surface area (Å²) in [6, 6.07) is 10.5. The maximum atomic E-state index is 12.7. The smallest absolute Gasteiger partial charge is 0.316 e. The van der Waals surface area contributed by atoms with E-state index in [1.165, 1.54) is 18.4 Å². The summed E-state index contributed by atoms with van der Waals surface area (Å²) in [5, 5.41) is 11.5. The summed E-state index contributed by atoms with van der Waals surface area (Å²) >= 11 is 0. The van der Waals surface area contributed by atoms with Gasteiger partial charge in [0.15, 0.2) is 0 Å². The van der Waals surface area contributed by atoms with Crippen molar-refractivity contribution < 1.29 is 9.21 Å².